The molecule has 1 aromatic carbocycles. The topological polar surface area (TPSA) is 66.1 Å². The minimum Gasteiger partial charge on any atom is -0.458 e. The van der Waals surface area contributed by atoms with E-state index in [1.165, 1.54) is 9.25 Å². The molecule has 3 rings (SSSR count). The van der Waals surface area contributed by atoms with E-state index in [9.17, 15) is 9.59 Å². The Balaban J connectivity index is 1.89. The fourth-order valence-electron chi connectivity index (χ4n) is 2.99. The molecule has 1 aromatic heterocycles. The van der Waals surface area contributed by atoms with Gasteiger partial charge in [0.2, 0.25) is 0 Å². The fourth-order valence-corrected chi connectivity index (χ4v) is 3.25. The number of esters is 1. The summed E-state index contributed by atoms with van der Waals surface area (Å²) in [7, 11) is 0. The van der Waals surface area contributed by atoms with Crippen molar-refractivity contribution in [1.29, 1.82) is 0 Å². The Bertz CT molecular complexity index is 831. The van der Waals surface area contributed by atoms with Crippen molar-refractivity contribution in [3.63, 3.8) is 0 Å². The molecule has 134 valence electrons. The molecule has 25 heavy (non-hydrogen) atoms. The number of halogens is 1. The monoisotopic (exact) mass is 407 g/mol. The summed E-state index contributed by atoms with van der Waals surface area (Å²) in [6, 6.07) is 7.16. The van der Waals surface area contributed by atoms with Crippen LogP contribution >= 0.6 is 15.9 Å². The number of rotatable bonds is 3. The van der Waals surface area contributed by atoms with Crippen LogP contribution in [-0.4, -0.2) is 25.9 Å². The number of carbonyl (C=O) groups is 1. The number of nitrogens with zero attached hydrogens (tertiary/aromatic N) is 3. The quantitative estimate of drug-likeness (QED) is 0.733. The molecule has 0 radical (unpaired) electrons. The Morgan fingerprint density at radius 3 is 2.64 bits per heavy atom. The molecule has 7 heteroatoms. The van der Waals surface area contributed by atoms with E-state index in [2.05, 4.69) is 21.0 Å². The maximum Gasteiger partial charge on any atom is 0.347 e. The van der Waals surface area contributed by atoms with Gasteiger partial charge in [-0.15, -0.1) is 0 Å². The lowest BCUT2D eigenvalue weighted by molar-refractivity contribution is -0.159. The summed E-state index contributed by atoms with van der Waals surface area (Å²) in [4.78, 5) is 25.3. The first kappa shape index (κ1) is 17.9. The van der Waals surface area contributed by atoms with Gasteiger partial charge in [-0.1, -0.05) is 28.1 Å². The second kappa shape index (κ2) is 6.78. The van der Waals surface area contributed by atoms with Crippen LogP contribution in [0.15, 0.2) is 33.5 Å². The van der Waals surface area contributed by atoms with Crippen molar-refractivity contribution in [3.05, 3.63) is 50.6 Å². The van der Waals surface area contributed by atoms with E-state index < -0.39 is 11.6 Å². The summed E-state index contributed by atoms with van der Waals surface area (Å²) in [6.45, 7) is 5.87. The van der Waals surface area contributed by atoms with Gasteiger partial charge in [-0.3, -0.25) is 4.57 Å². The summed E-state index contributed by atoms with van der Waals surface area (Å²) < 4.78 is 9.42. The first-order chi connectivity index (χ1) is 11.7. The molecule has 0 N–H and O–H groups in total. The summed E-state index contributed by atoms with van der Waals surface area (Å²) in [5.41, 5.74) is 0.147. The lowest BCUT2D eigenvalue weighted by atomic mass is 10.0. The van der Waals surface area contributed by atoms with Gasteiger partial charge < -0.3 is 4.74 Å². The molecule has 2 heterocycles. The summed E-state index contributed by atoms with van der Waals surface area (Å²) in [5.74, 6) is 0.294. The normalized spacial score (nSPS) is 17.2. The zero-order chi connectivity index (χ0) is 18.2. The van der Waals surface area contributed by atoms with E-state index >= 15 is 0 Å². The standard InChI is InChI=1S/C18H22BrN3O3/c1-18(2,3)25-16(23)14-5-4-6-15-20-21(17(24)22(14)15)11-12-7-9-13(19)10-8-12/h7-10,14H,4-6,11H2,1-3H3. The number of aromatic nitrogens is 3. The maximum absolute atomic E-state index is 12.8. The van der Waals surface area contributed by atoms with Gasteiger partial charge in [0.05, 0.1) is 6.54 Å². The van der Waals surface area contributed by atoms with Crippen LogP contribution in [0.1, 0.15) is 51.0 Å². The van der Waals surface area contributed by atoms with Crippen LogP contribution in [0.25, 0.3) is 0 Å². The van der Waals surface area contributed by atoms with Crippen LogP contribution in [-0.2, 0) is 22.5 Å². The lowest BCUT2D eigenvalue weighted by Crippen LogP contribution is -2.38. The Kier molecular flexibility index (Phi) is 4.86. The molecule has 1 aliphatic rings. The Hall–Kier alpha value is -1.89. The molecular weight excluding hydrogens is 386 g/mol. The van der Waals surface area contributed by atoms with Gasteiger partial charge >= 0.3 is 11.7 Å². The number of hydrogen-bond acceptors (Lipinski definition) is 4. The second-order valence-electron chi connectivity index (χ2n) is 7.29. The zero-order valence-corrected chi connectivity index (χ0v) is 16.2. The van der Waals surface area contributed by atoms with Gasteiger partial charge in [0.25, 0.3) is 0 Å². The number of benzene rings is 1. The summed E-state index contributed by atoms with van der Waals surface area (Å²) >= 11 is 3.40. The average Bonchev–Trinajstić information content (AvgIpc) is 2.84. The van der Waals surface area contributed by atoms with Crippen molar-refractivity contribution in [2.75, 3.05) is 0 Å². The number of fused-ring (bicyclic) bond motifs is 1. The van der Waals surface area contributed by atoms with Crippen LogP contribution < -0.4 is 5.69 Å². The first-order valence-corrected chi connectivity index (χ1v) is 9.19. The predicted molar refractivity (Wildman–Crippen MR) is 97.6 cm³/mol. The van der Waals surface area contributed by atoms with Crippen molar-refractivity contribution in [1.82, 2.24) is 14.3 Å². The highest BCUT2D eigenvalue weighted by Crippen LogP contribution is 2.25. The highest BCUT2D eigenvalue weighted by atomic mass is 79.9. The smallest absolute Gasteiger partial charge is 0.347 e. The van der Waals surface area contributed by atoms with Gasteiger partial charge in [0.15, 0.2) is 0 Å². The number of hydrogen-bond donors (Lipinski definition) is 0. The van der Waals surface area contributed by atoms with E-state index in [1.807, 2.05) is 45.0 Å². The third kappa shape index (κ3) is 4.03. The average molecular weight is 408 g/mol. The van der Waals surface area contributed by atoms with Gasteiger partial charge in [-0.05, 0) is 51.3 Å². The molecule has 0 saturated heterocycles. The van der Waals surface area contributed by atoms with Crippen LogP contribution in [0, 0.1) is 0 Å². The van der Waals surface area contributed by atoms with Gasteiger partial charge in [-0.2, -0.15) is 5.10 Å². The van der Waals surface area contributed by atoms with Gasteiger partial charge in [0, 0.05) is 10.9 Å². The maximum atomic E-state index is 12.8. The van der Waals surface area contributed by atoms with Crippen molar-refractivity contribution < 1.29 is 9.53 Å². The summed E-state index contributed by atoms with van der Waals surface area (Å²) in [5, 5.41) is 4.44. The lowest BCUT2D eigenvalue weighted by Gasteiger charge is -2.26. The van der Waals surface area contributed by atoms with E-state index in [-0.39, 0.29) is 11.7 Å². The predicted octanol–water partition coefficient (Wildman–Crippen LogP) is 3.07. The molecule has 0 amide bonds. The van der Waals surface area contributed by atoms with Crippen molar-refractivity contribution >= 4 is 21.9 Å². The van der Waals surface area contributed by atoms with Crippen LogP contribution in [0.2, 0.25) is 0 Å². The number of ether oxygens (including phenoxy) is 1. The molecule has 1 aliphatic heterocycles. The van der Waals surface area contributed by atoms with Crippen molar-refractivity contribution in [2.24, 2.45) is 0 Å². The van der Waals surface area contributed by atoms with Gasteiger partial charge in [0.1, 0.15) is 17.5 Å². The van der Waals surface area contributed by atoms with E-state index in [0.29, 0.717) is 25.2 Å². The molecule has 0 bridgehead atoms. The third-order valence-electron chi connectivity index (χ3n) is 4.06. The molecule has 0 saturated carbocycles. The van der Waals surface area contributed by atoms with Gasteiger partial charge in [-0.25, -0.2) is 14.3 Å². The SMILES string of the molecule is CC(C)(C)OC(=O)C1CCCc2nn(Cc3ccc(Br)cc3)c(=O)n21. The van der Waals surface area contributed by atoms with Crippen molar-refractivity contribution in [2.45, 2.75) is 58.2 Å². The minimum atomic E-state index is -0.589. The molecule has 0 aliphatic carbocycles. The molecular formula is C18H22BrN3O3. The number of carbonyl (C=O) groups excluding carboxylic acids is 1. The molecule has 0 spiro atoms. The Morgan fingerprint density at radius 2 is 2.00 bits per heavy atom. The molecule has 1 unspecified atom stereocenters. The Labute approximate surface area is 154 Å². The van der Waals surface area contributed by atoms with Crippen LogP contribution in [0.5, 0.6) is 0 Å². The third-order valence-corrected chi connectivity index (χ3v) is 4.58. The fraction of sp³-hybridized carbons (Fsp3) is 0.500. The molecule has 0 fully saturated rings. The molecule has 2 aromatic rings. The van der Waals surface area contributed by atoms with E-state index in [4.69, 9.17) is 4.74 Å². The van der Waals surface area contributed by atoms with E-state index in [0.717, 1.165) is 16.5 Å². The molecule has 1 atom stereocenters. The van der Waals surface area contributed by atoms with E-state index in [1.54, 1.807) is 0 Å². The zero-order valence-electron chi connectivity index (χ0n) is 14.7. The molecule has 6 nitrogen and oxygen atoms in total. The van der Waals surface area contributed by atoms with Crippen LogP contribution in [0.4, 0.5) is 0 Å². The number of aryl methyl sites for hydroxylation is 1. The second-order valence-corrected chi connectivity index (χ2v) is 8.21. The largest absolute Gasteiger partial charge is 0.458 e. The van der Waals surface area contributed by atoms with Crippen molar-refractivity contribution in [3.8, 4) is 0 Å². The highest BCUT2D eigenvalue weighted by molar-refractivity contribution is 9.10. The minimum absolute atomic E-state index is 0.256. The Morgan fingerprint density at radius 1 is 1.32 bits per heavy atom. The summed E-state index contributed by atoms with van der Waals surface area (Å²) in [6.07, 6.45) is 2.12. The van der Waals surface area contributed by atoms with Crippen LogP contribution in [0.3, 0.4) is 0 Å². The first-order valence-electron chi connectivity index (χ1n) is 8.40. The highest BCUT2D eigenvalue weighted by Gasteiger charge is 2.33.